The SMILES string of the molecule is CCC(O)CC(O)Cc1cccc(-c2n[nH]c(=S)n2-c2cccc3ccccc23)c1. The highest BCUT2D eigenvalue weighted by Gasteiger charge is 2.15. The largest absolute Gasteiger partial charge is 0.393 e. The van der Waals surface area contributed by atoms with Gasteiger partial charge in [-0.05, 0) is 54.6 Å². The number of aliphatic hydroxyl groups excluding tert-OH is 2. The fraction of sp³-hybridized carbons (Fsp3) is 0.250. The zero-order chi connectivity index (χ0) is 21.1. The molecule has 0 fully saturated rings. The fourth-order valence-electron chi connectivity index (χ4n) is 3.79. The highest BCUT2D eigenvalue weighted by molar-refractivity contribution is 7.71. The van der Waals surface area contributed by atoms with Crippen molar-refractivity contribution in [1.82, 2.24) is 14.8 Å². The number of fused-ring (bicyclic) bond motifs is 1. The van der Waals surface area contributed by atoms with Crippen molar-refractivity contribution in [2.24, 2.45) is 0 Å². The monoisotopic (exact) mass is 419 g/mol. The summed E-state index contributed by atoms with van der Waals surface area (Å²) in [6, 6.07) is 22.3. The smallest absolute Gasteiger partial charge is 0.200 e. The molecule has 2 unspecified atom stereocenters. The molecule has 0 radical (unpaired) electrons. The van der Waals surface area contributed by atoms with Gasteiger partial charge in [-0.1, -0.05) is 61.5 Å². The Labute approximate surface area is 180 Å². The number of aromatic nitrogens is 3. The molecule has 154 valence electrons. The standard InChI is InChI=1S/C24H25N3O2S/c1-2-19(28)15-20(29)14-16-7-5-10-18(13-16)23-25-26-24(30)27(23)22-12-6-9-17-8-3-4-11-21(17)22/h3-13,19-20,28-29H,2,14-15H2,1H3,(H,26,30). The first kappa shape index (κ1) is 20.5. The average Bonchev–Trinajstić information content (AvgIpc) is 3.14. The zero-order valence-electron chi connectivity index (χ0n) is 16.8. The Morgan fingerprint density at radius 1 is 1.00 bits per heavy atom. The lowest BCUT2D eigenvalue weighted by molar-refractivity contribution is 0.0787. The minimum atomic E-state index is -0.589. The van der Waals surface area contributed by atoms with Crippen LogP contribution in [-0.2, 0) is 6.42 Å². The summed E-state index contributed by atoms with van der Waals surface area (Å²) in [5.41, 5.74) is 2.87. The van der Waals surface area contributed by atoms with Gasteiger partial charge in [0.2, 0.25) is 0 Å². The van der Waals surface area contributed by atoms with Crippen molar-refractivity contribution in [2.75, 3.05) is 0 Å². The number of nitrogens with zero attached hydrogens (tertiary/aromatic N) is 2. The molecule has 1 aromatic heterocycles. The molecular weight excluding hydrogens is 394 g/mol. The lowest BCUT2D eigenvalue weighted by Crippen LogP contribution is -2.19. The lowest BCUT2D eigenvalue weighted by atomic mass is 10.0. The van der Waals surface area contributed by atoms with Crippen LogP contribution >= 0.6 is 12.2 Å². The van der Waals surface area contributed by atoms with Crippen molar-refractivity contribution < 1.29 is 10.2 Å². The fourth-order valence-corrected chi connectivity index (χ4v) is 4.02. The summed E-state index contributed by atoms with van der Waals surface area (Å²) >= 11 is 5.56. The Morgan fingerprint density at radius 2 is 1.77 bits per heavy atom. The van der Waals surface area contributed by atoms with Crippen LogP contribution in [-0.4, -0.2) is 37.2 Å². The molecule has 3 N–H and O–H groups in total. The molecule has 0 aliphatic heterocycles. The molecule has 0 spiro atoms. The number of aromatic amines is 1. The predicted molar refractivity (Wildman–Crippen MR) is 122 cm³/mol. The molecule has 4 rings (SSSR count). The molecule has 0 saturated carbocycles. The van der Waals surface area contributed by atoms with Gasteiger partial charge in [-0.15, -0.1) is 0 Å². The number of H-pyrrole nitrogens is 1. The number of rotatable bonds is 7. The third-order valence-corrected chi connectivity index (χ3v) is 5.63. The maximum Gasteiger partial charge on any atom is 0.200 e. The second-order valence-electron chi connectivity index (χ2n) is 7.54. The van der Waals surface area contributed by atoms with Gasteiger partial charge in [-0.25, -0.2) is 0 Å². The van der Waals surface area contributed by atoms with Gasteiger partial charge in [-0.3, -0.25) is 9.67 Å². The molecule has 0 aliphatic carbocycles. The Morgan fingerprint density at radius 3 is 2.60 bits per heavy atom. The van der Waals surface area contributed by atoms with E-state index >= 15 is 0 Å². The molecular formula is C24H25N3O2S. The van der Waals surface area contributed by atoms with Crippen LogP contribution < -0.4 is 0 Å². The Kier molecular flexibility index (Phi) is 6.08. The van der Waals surface area contributed by atoms with Gasteiger partial charge < -0.3 is 10.2 Å². The summed E-state index contributed by atoms with van der Waals surface area (Å²) in [6.45, 7) is 1.91. The maximum absolute atomic E-state index is 10.3. The van der Waals surface area contributed by atoms with Crippen LogP contribution in [0.2, 0.25) is 0 Å². The molecule has 0 bridgehead atoms. The van der Waals surface area contributed by atoms with E-state index in [1.807, 2.05) is 60.0 Å². The summed E-state index contributed by atoms with van der Waals surface area (Å²) in [5, 5.41) is 29.8. The molecule has 0 amide bonds. The Balaban J connectivity index is 1.73. The van der Waals surface area contributed by atoms with E-state index in [1.165, 1.54) is 0 Å². The van der Waals surface area contributed by atoms with Crippen LogP contribution in [0.1, 0.15) is 25.3 Å². The van der Waals surface area contributed by atoms with Crippen LogP contribution in [0, 0.1) is 4.77 Å². The molecule has 6 heteroatoms. The van der Waals surface area contributed by atoms with E-state index in [0.29, 0.717) is 24.0 Å². The van der Waals surface area contributed by atoms with Gasteiger partial charge in [0.25, 0.3) is 0 Å². The van der Waals surface area contributed by atoms with Crippen molar-refractivity contribution >= 4 is 23.0 Å². The van der Waals surface area contributed by atoms with Gasteiger partial charge in [0, 0.05) is 10.9 Å². The van der Waals surface area contributed by atoms with Crippen molar-refractivity contribution in [3.05, 3.63) is 77.1 Å². The molecule has 0 aliphatic rings. The molecule has 1 heterocycles. The van der Waals surface area contributed by atoms with Gasteiger partial charge in [0.1, 0.15) is 0 Å². The number of hydrogen-bond donors (Lipinski definition) is 3. The highest BCUT2D eigenvalue weighted by atomic mass is 32.1. The van der Waals surface area contributed by atoms with Crippen molar-refractivity contribution in [1.29, 1.82) is 0 Å². The van der Waals surface area contributed by atoms with E-state index in [2.05, 4.69) is 28.4 Å². The van der Waals surface area contributed by atoms with E-state index in [4.69, 9.17) is 12.2 Å². The summed E-state index contributed by atoms with van der Waals surface area (Å²) < 4.78 is 2.48. The Hall–Kier alpha value is -2.80. The summed E-state index contributed by atoms with van der Waals surface area (Å²) in [6.07, 6.45) is 0.413. The summed E-state index contributed by atoms with van der Waals surface area (Å²) in [5.74, 6) is 0.723. The average molecular weight is 420 g/mol. The van der Waals surface area contributed by atoms with E-state index < -0.39 is 12.2 Å². The van der Waals surface area contributed by atoms with E-state index in [9.17, 15) is 10.2 Å². The Bertz CT molecular complexity index is 1210. The second-order valence-corrected chi connectivity index (χ2v) is 7.93. The third kappa shape index (κ3) is 4.21. The van der Waals surface area contributed by atoms with Crippen LogP contribution in [0.5, 0.6) is 0 Å². The normalized spacial score (nSPS) is 13.4. The molecule has 3 aromatic carbocycles. The third-order valence-electron chi connectivity index (χ3n) is 5.35. The number of aliphatic hydroxyl groups is 2. The predicted octanol–water partition coefficient (Wildman–Crippen LogP) is 4.81. The number of benzene rings is 3. The summed E-state index contributed by atoms with van der Waals surface area (Å²) in [4.78, 5) is 0. The van der Waals surface area contributed by atoms with Gasteiger partial charge in [0.15, 0.2) is 10.6 Å². The molecule has 30 heavy (non-hydrogen) atoms. The quantitative estimate of drug-likeness (QED) is 0.376. The van der Waals surface area contributed by atoms with Gasteiger partial charge >= 0.3 is 0 Å². The highest BCUT2D eigenvalue weighted by Crippen LogP contribution is 2.28. The van der Waals surface area contributed by atoms with Crippen LogP contribution in [0.25, 0.3) is 27.8 Å². The van der Waals surface area contributed by atoms with E-state index in [1.54, 1.807) is 0 Å². The first-order chi connectivity index (χ1) is 14.6. The van der Waals surface area contributed by atoms with E-state index in [0.717, 1.165) is 33.4 Å². The van der Waals surface area contributed by atoms with E-state index in [-0.39, 0.29) is 0 Å². The number of nitrogens with one attached hydrogen (secondary N) is 1. The molecule has 5 nitrogen and oxygen atoms in total. The van der Waals surface area contributed by atoms with Crippen molar-refractivity contribution in [3.63, 3.8) is 0 Å². The van der Waals surface area contributed by atoms with Gasteiger partial charge in [-0.2, -0.15) is 5.10 Å². The second kappa shape index (κ2) is 8.92. The lowest BCUT2D eigenvalue weighted by Gasteiger charge is -2.15. The number of hydrogen-bond acceptors (Lipinski definition) is 4. The maximum atomic E-state index is 10.3. The first-order valence-electron chi connectivity index (χ1n) is 10.2. The minimum Gasteiger partial charge on any atom is -0.393 e. The van der Waals surface area contributed by atoms with Crippen LogP contribution in [0.15, 0.2) is 66.7 Å². The molecule has 2 atom stereocenters. The van der Waals surface area contributed by atoms with Crippen LogP contribution in [0.3, 0.4) is 0 Å². The minimum absolute atomic E-state index is 0.370. The topological polar surface area (TPSA) is 74.1 Å². The van der Waals surface area contributed by atoms with Gasteiger partial charge in [0.05, 0.1) is 17.9 Å². The zero-order valence-corrected chi connectivity index (χ0v) is 17.6. The molecule has 4 aromatic rings. The van der Waals surface area contributed by atoms with Crippen molar-refractivity contribution in [2.45, 2.75) is 38.4 Å². The first-order valence-corrected chi connectivity index (χ1v) is 10.6. The molecule has 0 saturated heterocycles. The van der Waals surface area contributed by atoms with Crippen molar-refractivity contribution in [3.8, 4) is 17.1 Å². The van der Waals surface area contributed by atoms with Crippen LogP contribution in [0.4, 0.5) is 0 Å². The summed E-state index contributed by atoms with van der Waals surface area (Å²) in [7, 11) is 0.